The molecule has 0 aliphatic carbocycles. The lowest BCUT2D eigenvalue weighted by molar-refractivity contribution is 0.0943. The summed E-state index contributed by atoms with van der Waals surface area (Å²) < 4.78 is 1.53. The van der Waals surface area contributed by atoms with E-state index < -0.39 is 0 Å². The highest BCUT2D eigenvalue weighted by molar-refractivity contribution is 5.95. The standard InChI is InChI=1S/C12H17N5O2/c1-8(3-4-18)5-13-11(19)10-6-14-12-15-7-16-17(12)9(10)2/h6-8,18H,3-5H2,1-2H3,(H,13,19). The number of hydrogen-bond acceptors (Lipinski definition) is 5. The fourth-order valence-corrected chi connectivity index (χ4v) is 1.80. The Labute approximate surface area is 110 Å². The van der Waals surface area contributed by atoms with Crippen molar-refractivity contribution in [1.29, 1.82) is 0 Å². The topological polar surface area (TPSA) is 92.4 Å². The number of hydrogen-bond donors (Lipinski definition) is 2. The van der Waals surface area contributed by atoms with Crippen LogP contribution in [0, 0.1) is 12.8 Å². The first kappa shape index (κ1) is 13.4. The summed E-state index contributed by atoms with van der Waals surface area (Å²) in [5, 5.41) is 15.7. The molecule has 2 N–H and O–H groups in total. The van der Waals surface area contributed by atoms with Crippen molar-refractivity contribution < 1.29 is 9.90 Å². The second kappa shape index (κ2) is 5.75. The van der Waals surface area contributed by atoms with Crippen LogP contribution in [0.2, 0.25) is 0 Å². The van der Waals surface area contributed by atoms with Gasteiger partial charge in [-0.05, 0) is 19.3 Å². The van der Waals surface area contributed by atoms with Gasteiger partial charge in [-0.1, -0.05) is 6.92 Å². The highest BCUT2D eigenvalue weighted by Gasteiger charge is 2.14. The number of rotatable bonds is 5. The van der Waals surface area contributed by atoms with Crippen LogP contribution in [0.15, 0.2) is 12.5 Å². The van der Waals surface area contributed by atoms with E-state index in [9.17, 15) is 4.79 Å². The van der Waals surface area contributed by atoms with Crippen molar-refractivity contribution in [2.45, 2.75) is 20.3 Å². The fraction of sp³-hybridized carbons (Fsp3) is 0.500. The molecule has 7 nitrogen and oxygen atoms in total. The molecule has 102 valence electrons. The maximum Gasteiger partial charge on any atom is 0.254 e. The zero-order valence-electron chi connectivity index (χ0n) is 11.0. The molecular weight excluding hydrogens is 246 g/mol. The van der Waals surface area contributed by atoms with Crippen LogP contribution in [0.25, 0.3) is 5.78 Å². The summed E-state index contributed by atoms with van der Waals surface area (Å²) >= 11 is 0. The van der Waals surface area contributed by atoms with Crippen molar-refractivity contribution in [1.82, 2.24) is 24.9 Å². The number of aliphatic hydroxyl groups is 1. The Hall–Kier alpha value is -2.02. The number of nitrogens with one attached hydrogen (secondary N) is 1. The van der Waals surface area contributed by atoms with Crippen molar-refractivity contribution in [3.8, 4) is 0 Å². The van der Waals surface area contributed by atoms with Crippen LogP contribution in [-0.4, -0.2) is 43.7 Å². The molecule has 0 bridgehead atoms. The zero-order valence-corrected chi connectivity index (χ0v) is 11.0. The van der Waals surface area contributed by atoms with Crippen LogP contribution in [0.3, 0.4) is 0 Å². The Balaban J connectivity index is 2.11. The van der Waals surface area contributed by atoms with Gasteiger partial charge in [-0.25, -0.2) is 9.50 Å². The molecule has 0 aliphatic heterocycles. The van der Waals surface area contributed by atoms with E-state index >= 15 is 0 Å². The van der Waals surface area contributed by atoms with Gasteiger partial charge in [-0.3, -0.25) is 4.79 Å². The van der Waals surface area contributed by atoms with E-state index in [4.69, 9.17) is 5.11 Å². The molecular formula is C12H17N5O2. The molecule has 2 aromatic rings. The molecule has 0 saturated carbocycles. The first-order valence-corrected chi connectivity index (χ1v) is 6.18. The maximum absolute atomic E-state index is 12.1. The molecule has 0 aromatic carbocycles. The molecule has 2 rings (SSSR count). The highest BCUT2D eigenvalue weighted by Crippen LogP contribution is 2.07. The molecule has 0 saturated heterocycles. The zero-order chi connectivity index (χ0) is 13.8. The Bertz CT molecular complexity index is 581. The van der Waals surface area contributed by atoms with E-state index in [-0.39, 0.29) is 18.4 Å². The number of aromatic nitrogens is 4. The van der Waals surface area contributed by atoms with E-state index in [1.807, 2.05) is 6.92 Å². The summed E-state index contributed by atoms with van der Waals surface area (Å²) in [7, 11) is 0. The van der Waals surface area contributed by atoms with Crippen molar-refractivity contribution >= 4 is 11.7 Å². The van der Waals surface area contributed by atoms with E-state index in [0.717, 1.165) is 0 Å². The molecule has 7 heteroatoms. The third kappa shape index (κ3) is 2.87. The van der Waals surface area contributed by atoms with Crippen LogP contribution in [0.4, 0.5) is 0 Å². The van der Waals surface area contributed by atoms with Gasteiger partial charge < -0.3 is 10.4 Å². The average Bonchev–Trinajstić information content (AvgIpc) is 2.86. The number of fused-ring (bicyclic) bond motifs is 1. The number of carbonyl (C=O) groups is 1. The van der Waals surface area contributed by atoms with Gasteiger partial charge in [-0.15, -0.1) is 0 Å². The van der Waals surface area contributed by atoms with Gasteiger partial charge in [0, 0.05) is 19.3 Å². The van der Waals surface area contributed by atoms with Gasteiger partial charge in [0.05, 0.1) is 11.3 Å². The number of carbonyl (C=O) groups excluding carboxylic acids is 1. The van der Waals surface area contributed by atoms with E-state index in [1.54, 1.807) is 6.92 Å². The second-order valence-electron chi connectivity index (χ2n) is 4.56. The quantitative estimate of drug-likeness (QED) is 0.803. The van der Waals surface area contributed by atoms with E-state index in [2.05, 4.69) is 20.4 Å². The predicted molar refractivity (Wildman–Crippen MR) is 68.7 cm³/mol. The average molecular weight is 263 g/mol. The molecule has 2 aromatic heterocycles. The first-order valence-electron chi connectivity index (χ1n) is 6.18. The fourth-order valence-electron chi connectivity index (χ4n) is 1.80. The summed E-state index contributed by atoms with van der Waals surface area (Å²) in [4.78, 5) is 20.1. The van der Waals surface area contributed by atoms with Gasteiger partial charge in [0.25, 0.3) is 11.7 Å². The third-order valence-corrected chi connectivity index (χ3v) is 3.02. The van der Waals surface area contributed by atoms with Crippen molar-refractivity contribution in [3.05, 3.63) is 23.8 Å². The lowest BCUT2D eigenvalue weighted by atomic mass is 10.1. The monoisotopic (exact) mass is 263 g/mol. The molecule has 0 radical (unpaired) electrons. The molecule has 1 atom stereocenters. The predicted octanol–water partition coefficient (Wildman–Crippen LogP) is 0.181. The Morgan fingerprint density at radius 2 is 2.32 bits per heavy atom. The van der Waals surface area contributed by atoms with Crippen LogP contribution >= 0.6 is 0 Å². The van der Waals surface area contributed by atoms with Crippen molar-refractivity contribution in [2.75, 3.05) is 13.2 Å². The normalized spacial score (nSPS) is 12.6. The summed E-state index contributed by atoms with van der Waals surface area (Å²) in [6.07, 6.45) is 3.57. The van der Waals surface area contributed by atoms with Gasteiger partial charge >= 0.3 is 0 Å². The summed E-state index contributed by atoms with van der Waals surface area (Å²) in [5.74, 6) is 0.521. The molecule has 2 heterocycles. The summed E-state index contributed by atoms with van der Waals surface area (Å²) in [5.41, 5.74) is 1.18. The van der Waals surface area contributed by atoms with Gasteiger partial charge in [-0.2, -0.15) is 10.1 Å². The second-order valence-corrected chi connectivity index (χ2v) is 4.56. The Kier molecular flexibility index (Phi) is 4.06. The largest absolute Gasteiger partial charge is 0.396 e. The van der Waals surface area contributed by atoms with E-state index in [0.29, 0.717) is 30.0 Å². The SMILES string of the molecule is Cc1c(C(=O)NCC(C)CCO)cnc2ncnn12. The molecule has 1 amide bonds. The number of aliphatic hydroxyl groups excluding tert-OH is 1. The summed E-state index contributed by atoms with van der Waals surface area (Å²) in [6, 6.07) is 0. The maximum atomic E-state index is 12.1. The van der Waals surface area contributed by atoms with Gasteiger partial charge in [0.1, 0.15) is 6.33 Å². The van der Waals surface area contributed by atoms with Crippen LogP contribution in [0.1, 0.15) is 29.4 Å². The lowest BCUT2D eigenvalue weighted by Crippen LogP contribution is -2.29. The lowest BCUT2D eigenvalue weighted by Gasteiger charge is -2.12. The summed E-state index contributed by atoms with van der Waals surface area (Å²) in [6.45, 7) is 4.43. The molecule has 0 aliphatic rings. The van der Waals surface area contributed by atoms with Crippen molar-refractivity contribution in [3.63, 3.8) is 0 Å². The van der Waals surface area contributed by atoms with Gasteiger partial charge in [0.15, 0.2) is 0 Å². The Morgan fingerprint density at radius 3 is 3.05 bits per heavy atom. The first-order chi connectivity index (χ1) is 9.13. The van der Waals surface area contributed by atoms with Gasteiger partial charge in [0.2, 0.25) is 0 Å². The number of aryl methyl sites for hydroxylation is 1. The highest BCUT2D eigenvalue weighted by atomic mass is 16.3. The number of amides is 1. The number of nitrogens with zero attached hydrogens (tertiary/aromatic N) is 4. The van der Waals surface area contributed by atoms with Crippen LogP contribution in [0.5, 0.6) is 0 Å². The third-order valence-electron chi connectivity index (χ3n) is 3.02. The van der Waals surface area contributed by atoms with E-state index in [1.165, 1.54) is 17.0 Å². The Morgan fingerprint density at radius 1 is 1.53 bits per heavy atom. The minimum absolute atomic E-state index is 0.128. The molecule has 19 heavy (non-hydrogen) atoms. The molecule has 0 fully saturated rings. The minimum atomic E-state index is -0.188. The smallest absolute Gasteiger partial charge is 0.254 e. The van der Waals surface area contributed by atoms with Crippen molar-refractivity contribution in [2.24, 2.45) is 5.92 Å². The molecule has 1 unspecified atom stereocenters. The minimum Gasteiger partial charge on any atom is -0.396 e. The molecule has 0 spiro atoms. The van der Waals surface area contributed by atoms with Crippen LogP contribution < -0.4 is 5.32 Å². The van der Waals surface area contributed by atoms with Crippen LogP contribution in [-0.2, 0) is 0 Å².